The summed E-state index contributed by atoms with van der Waals surface area (Å²) in [6.45, 7) is 6.42. The molecule has 124 valence electrons. The van der Waals surface area contributed by atoms with Crippen molar-refractivity contribution in [3.05, 3.63) is 57.0 Å². The Morgan fingerprint density at radius 3 is 2.83 bits per heavy atom. The fraction of sp³-hybridized carbons (Fsp3) is 0.278. The van der Waals surface area contributed by atoms with Crippen LogP contribution in [0.3, 0.4) is 0 Å². The number of carbonyl (C=O) groups excluding carboxylic acids is 1. The van der Waals surface area contributed by atoms with Gasteiger partial charge in [0, 0.05) is 12.2 Å². The molecular weight excluding hydrogens is 322 g/mol. The topological polar surface area (TPSA) is 64.0 Å². The number of aryl methyl sites for hydroxylation is 3. The average Bonchev–Trinajstić information content (AvgIpc) is 2.88. The molecule has 24 heavy (non-hydrogen) atoms. The lowest BCUT2D eigenvalue weighted by Gasteiger charge is -2.05. The van der Waals surface area contributed by atoms with Crippen molar-refractivity contribution in [2.24, 2.45) is 0 Å². The second-order valence-electron chi connectivity index (χ2n) is 5.80. The highest BCUT2D eigenvalue weighted by Gasteiger charge is 2.19. The van der Waals surface area contributed by atoms with E-state index in [0.717, 1.165) is 17.7 Å². The van der Waals surface area contributed by atoms with Gasteiger partial charge in [0.2, 0.25) is 0 Å². The van der Waals surface area contributed by atoms with Gasteiger partial charge >= 0.3 is 0 Å². The van der Waals surface area contributed by atoms with Crippen molar-refractivity contribution in [1.82, 2.24) is 9.55 Å². The van der Waals surface area contributed by atoms with Crippen LogP contribution in [0.4, 0.5) is 5.69 Å². The molecule has 0 aliphatic carbocycles. The molecule has 0 fully saturated rings. The predicted molar refractivity (Wildman–Crippen MR) is 98.0 cm³/mol. The van der Waals surface area contributed by atoms with Gasteiger partial charge in [0.1, 0.15) is 4.83 Å². The molecule has 1 aromatic carbocycles. The molecule has 3 rings (SSSR count). The summed E-state index contributed by atoms with van der Waals surface area (Å²) in [5, 5.41) is 3.44. The summed E-state index contributed by atoms with van der Waals surface area (Å²) in [5.41, 5.74) is 2.44. The molecule has 0 unspecified atom stereocenters. The highest BCUT2D eigenvalue weighted by atomic mass is 32.1. The summed E-state index contributed by atoms with van der Waals surface area (Å²) in [7, 11) is 0. The Labute approximate surface area is 144 Å². The maximum Gasteiger partial charge on any atom is 0.266 e. The molecule has 2 aromatic heterocycles. The van der Waals surface area contributed by atoms with E-state index >= 15 is 0 Å². The van der Waals surface area contributed by atoms with Crippen LogP contribution in [0.1, 0.15) is 34.1 Å². The van der Waals surface area contributed by atoms with Gasteiger partial charge in [-0.25, -0.2) is 4.98 Å². The van der Waals surface area contributed by atoms with Gasteiger partial charge in [-0.15, -0.1) is 11.3 Å². The van der Waals surface area contributed by atoms with Crippen molar-refractivity contribution in [1.29, 1.82) is 0 Å². The van der Waals surface area contributed by atoms with E-state index in [1.54, 1.807) is 10.9 Å². The first-order valence-corrected chi connectivity index (χ1v) is 8.69. The molecule has 0 radical (unpaired) electrons. The summed E-state index contributed by atoms with van der Waals surface area (Å²) >= 11 is 1.26. The zero-order valence-electron chi connectivity index (χ0n) is 13.9. The lowest BCUT2D eigenvalue weighted by atomic mass is 10.2. The molecule has 5 nitrogen and oxygen atoms in total. The van der Waals surface area contributed by atoms with E-state index in [0.29, 0.717) is 27.2 Å². The van der Waals surface area contributed by atoms with Gasteiger partial charge in [-0.05, 0) is 43.5 Å². The van der Waals surface area contributed by atoms with E-state index in [-0.39, 0.29) is 11.5 Å². The fourth-order valence-electron chi connectivity index (χ4n) is 2.69. The van der Waals surface area contributed by atoms with Crippen LogP contribution in [-0.4, -0.2) is 15.5 Å². The molecule has 0 spiro atoms. The SMILES string of the molecule is CCCn1cnc2sc(C(=O)Nc3cccc(C)c3)c(C)c2c1=O. The lowest BCUT2D eigenvalue weighted by Crippen LogP contribution is -2.20. The largest absolute Gasteiger partial charge is 0.321 e. The van der Waals surface area contributed by atoms with Gasteiger partial charge in [-0.2, -0.15) is 0 Å². The number of thiophene rings is 1. The molecule has 0 aliphatic rings. The number of nitrogens with one attached hydrogen (secondary N) is 1. The number of benzene rings is 1. The summed E-state index contributed by atoms with van der Waals surface area (Å²) in [4.78, 5) is 30.7. The first kappa shape index (κ1) is 16.4. The molecule has 6 heteroatoms. The van der Waals surface area contributed by atoms with E-state index in [1.165, 1.54) is 11.3 Å². The first-order chi connectivity index (χ1) is 11.5. The Kier molecular flexibility index (Phi) is 4.49. The number of carbonyl (C=O) groups is 1. The molecule has 3 aromatic rings. The monoisotopic (exact) mass is 341 g/mol. The third kappa shape index (κ3) is 2.97. The van der Waals surface area contributed by atoms with Crippen molar-refractivity contribution in [3.63, 3.8) is 0 Å². The predicted octanol–water partition coefficient (Wildman–Crippen LogP) is 3.74. The Morgan fingerprint density at radius 2 is 2.12 bits per heavy atom. The number of aromatic nitrogens is 2. The summed E-state index contributed by atoms with van der Waals surface area (Å²) < 4.78 is 1.60. The Bertz CT molecular complexity index is 972. The van der Waals surface area contributed by atoms with Crippen LogP contribution in [-0.2, 0) is 6.54 Å². The normalized spacial score (nSPS) is 11.0. The third-order valence-electron chi connectivity index (χ3n) is 3.86. The van der Waals surface area contributed by atoms with Crippen molar-refractivity contribution in [2.75, 3.05) is 5.32 Å². The van der Waals surface area contributed by atoms with Gasteiger partial charge in [0.05, 0.1) is 16.6 Å². The van der Waals surface area contributed by atoms with Crippen molar-refractivity contribution in [2.45, 2.75) is 33.7 Å². The van der Waals surface area contributed by atoms with Gasteiger partial charge in [-0.3, -0.25) is 14.2 Å². The van der Waals surface area contributed by atoms with Crippen LogP contribution < -0.4 is 10.9 Å². The molecule has 1 N–H and O–H groups in total. The average molecular weight is 341 g/mol. The van der Waals surface area contributed by atoms with Crippen LogP contribution in [0.5, 0.6) is 0 Å². The van der Waals surface area contributed by atoms with Crippen molar-refractivity contribution < 1.29 is 4.79 Å². The lowest BCUT2D eigenvalue weighted by molar-refractivity contribution is 0.103. The standard InChI is InChI=1S/C18H19N3O2S/c1-4-8-21-10-19-17-14(18(21)23)12(3)15(24-17)16(22)20-13-7-5-6-11(2)9-13/h5-7,9-10H,4,8H2,1-3H3,(H,20,22). The highest BCUT2D eigenvalue weighted by molar-refractivity contribution is 7.20. The van der Waals surface area contributed by atoms with Crippen molar-refractivity contribution in [3.8, 4) is 0 Å². The molecule has 0 atom stereocenters. The van der Waals surface area contributed by atoms with Crippen LogP contribution in [0, 0.1) is 13.8 Å². The van der Waals surface area contributed by atoms with Gasteiger partial charge in [0.25, 0.3) is 11.5 Å². The molecule has 2 heterocycles. The van der Waals surface area contributed by atoms with E-state index in [4.69, 9.17) is 0 Å². The molecule has 1 amide bonds. The Balaban J connectivity index is 2.01. The van der Waals surface area contributed by atoms with Gasteiger partial charge in [0.15, 0.2) is 0 Å². The second-order valence-corrected chi connectivity index (χ2v) is 6.80. The Morgan fingerprint density at radius 1 is 1.33 bits per heavy atom. The zero-order valence-corrected chi connectivity index (χ0v) is 14.7. The fourth-order valence-corrected chi connectivity index (χ4v) is 3.72. The smallest absolute Gasteiger partial charge is 0.266 e. The van der Waals surface area contributed by atoms with E-state index in [9.17, 15) is 9.59 Å². The highest BCUT2D eigenvalue weighted by Crippen LogP contribution is 2.27. The van der Waals surface area contributed by atoms with Gasteiger partial charge in [-0.1, -0.05) is 19.1 Å². The Hall–Kier alpha value is -2.47. The minimum atomic E-state index is -0.206. The van der Waals surface area contributed by atoms with Gasteiger partial charge < -0.3 is 5.32 Å². The summed E-state index contributed by atoms with van der Waals surface area (Å²) in [6, 6.07) is 7.63. The molecule has 0 bridgehead atoms. The number of fused-ring (bicyclic) bond motifs is 1. The van der Waals surface area contributed by atoms with E-state index in [1.807, 2.05) is 45.0 Å². The third-order valence-corrected chi connectivity index (χ3v) is 5.06. The minimum absolute atomic E-state index is 0.0785. The quantitative estimate of drug-likeness (QED) is 0.786. The minimum Gasteiger partial charge on any atom is -0.321 e. The molecular formula is C18H19N3O2S. The summed E-state index contributed by atoms with van der Waals surface area (Å²) in [6.07, 6.45) is 2.42. The summed E-state index contributed by atoms with van der Waals surface area (Å²) in [5.74, 6) is -0.206. The number of amides is 1. The zero-order chi connectivity index (χ0) is 17.3. The number of hydrogen-bond acceptors (Lipinski definition) is 4. The maximum absolute atomic E-state index is 12.6. The van der Waals surface area contributed by atoms with Crippen LogP contribution in [0.2, 0.25) is 0 Å². The molecule has 0 aliphatic heterocycles. The maximum atomic E-state index is 12.6. The number of anilines is 1. The first-order valence-electron chi connectivity index (χ1n) is 7.87. The molecule has 0 saturated heterocycles. The van der Waals surface area contributed by atoms with Crippen LogP contribution >= 0.6 is 11.3 Å². The number of rotatable bonds is 4. The second kappa shape index (κ2) is 6.57. The van der Waals surface area contributed by atoms with E-state index < -0.39 is 0 Å². The van der Waals surface area contributed by atoms with E-state index in [2.05, 4.69) is 10.3 Å². The number of hydrogen-bond donors (Lipinski definition) is 1. The molecule has 0 saturated carbocycles. The van der Waals surface area contributed by atoms with Crippen molar-refractivity contribution >= 4 is 33.1 Å². The van der Waals surface area contributed by atoms with Crippen LogP contribution in [0.25, 0.3) is 10.2 Å². The van der Waals surface area contributed by atoms with Crippen LogP contribution in [0.15, 0.2) is 35.4 Å². The number of nitrogens with zero attached hydrogens (tertiary/aromatic N) is 2.